The average molecular weight is 215 g/mol. The number of carbonyl (C=O) groups is 2. The van der Waals surface area contributed by atoms with Crippen molar-refractivity contribution in [1.29, 1.82) is 0 Å². The van der Waals surface area contributed by atoms with Crippen molar-refractivity contribution in [3.63, 3.8) is 0 Å². The Morgan fingerprint density at radius 2 is 2.00 bits per heavy atom. The smallest absolute Gasteiger partial charge is 0.326 e. The molecule has 2 fully saturated rings. The first kappa shape index (κ1) is 10.4. The second kappa shape index (κ2) is 3.46. The molecule has 0 aromatic heterocycles. The van der Waals surface area contributed by atoms with Crippen LogP contribution in [-0.4, -0.2) is 53.5 Å². The van der Waals surface area contributed by atoms with Crippen molar-refractivity contribution in [2.24, 2.45) is 0 Å². The molecule has 15 heavy (non-hydrogen) atoms. The monoisotopic (exact) mass is 215 g/mol. The molecule has 84 valence electrons. The predicted octanol–water partition coefficient (Wildman–Crippen LogP) is -0.565. The highest BCUT2D eigenvalue weighted by Gasteiger charge is 2.51. The third-order valence-corrected chi connectivity index (χ3v) is 2.79. The van der Waals surface area contributed by atoms with Gasteiger partial charge >= 0.3 is 5.97 Å². The van der Waals surface area contributed by atoms with Crippen LogP contribution in [0.2, 0.25) is 0 Å². The Balaban J connectivity index is 2.18. The van der Waals surface area contributed by atoms with Gasteiger partial charge in [0.1, 0.15) is 6.04 Å². The first-order valence-corrected chi connectivity index (χ1v) is 4.82. The summed E-state index contributed by atoms with van der Waals surface area (Å²) < 4.78 is 10.8. The molecule has 0 radical (unpaired) electrons. The van der Waals surface area contributed by atoms with E-state index in [0.29, 0.717) is 13.2 Å². The summed E-state index contributed by atoms with van der Waals surface area (Å²) in [6.45, 7) is 2.47. The van der Waals surface area contributed by atoms with Crippen molar-refractivity contribution in [1.82, 2.24) is 4.90 Å². The van der Waals surface area contributed by atoms with Crippen LogP contribution >= 0.6 is 0 Å². The van der Waals surface area contributed by atoms with Crippen LogP contribution in [0.15, 0.2) is 0 Å². The minimum absolute atomic E-state index is 0.208. The van der Waals surface area contributed by atoms with Crippen LogP contribution in [0.4, 0.5) is 0 Å². The van der Waals surface area contributed by atoms with Crippen LogP contribution in [0.5, 0.6) is 0 Å². The van der Waals surface area contributed by atoms with Gasteiger partial charge in [-0.15, -0.1) is 0 Å². The Hall–Kier alpha value is -1.14. The molecule has 2 heterocycles. The van der Waals surface area contributed by atoms with E-state index in [2.05, 4.69) is 0 Å². The molecule has 0 unspecified atom stereocenters. The Morgan fingerprint density at radius 1 is 1.40 bits per heavy atom. The third-order valence-electron chi connectivity index (χ3n) is 2.79. The van der Waals surface area contributed by atoms with Gasteiger partial charge in [0.05, 0.1) is 19.8 Å². The summed E-state index contributed by atoms with van der Waals surface area (Å²) in [5.41, 5.74) is 0. The van der Waals surface area contributed by atoms with Crippen molar-refractivity contribution in [3.05, 3.63) is 0 Å². The highest BCUT2D eigenvalue weighted by Crippen LogP contribution is 2.34. The molecule has 2 aliphatic rings. The molecule has 6 heteroatoms. The van der Waals surface area contributed by atoms with Gasteiger partial charge in [-0.1, -0.05) is 0 Å². The van der Waals surface area contributed by atoms with Gasteiger partial charge in [0.25, 0.3) is 0 Å². The fourth-order valence-corrected chi connectivity index (χ4v) is 2.10. The van der Waals surface area contributed by atoms with Crippen LogP contribution in [0.1, 0.15) is 13.3 Å². The molecule has 1 amide bonds. The lowest BCUT2D eigenvalue weighted by Crippen LogP contribution is -2.40. The van der Waals surface area contributed by atoms with Crippen LogP contribution in [0.3, 0.4) is 0 Å². The number of nitrogens with zero attached hydrogens (tertiary/aromatic N) is 1. The van der Waals surface area contributed by atoms with E-state index in [0.717, 1.165) is 0 Å². The largest absolute Gasteiger partial charge is 0.480 e. The lowest BCUT2D eigenvalue weighted by atomic mass is 10.1. The zero-order valence-corrected chi connectivity index (χ0v) is 8.43. The maximum Gasteiger partial charge on any atom is 0.326 e. The summed E-state index contributed by atoms with van der Waals surface area (Å²) >= 11 is 0. The third kappa shape index (κ3) is 1.70. The van der Waals surface area contributed by atoms with Crippen molar-refractivity contribution in [2.45, 2.75) is 25.2 Å². The summed E-state index contributed by atoms with van der Waals surface area (Å²) in [4.78, 5) is 23.5. The minimum atomic E-state index is -1.01. The molecule has 0 aromatic rings. The maximum atomic E-state index is 11.3. The van der Waals surface area contributed by atoms with Crippen LogP contribution < -0.4 is 0 Å². The molecule has 1 atom stereocenters. The molecule has 0 saturated carbocycles. The van der Waals surface area contributed by atoms with E-state index in [-0.39, 0.29) is 18.9 Å². The lowest BCUT2D eigenvalue weighted by Gasteiger charge is -2.21. The number of likely N-dealkylation sites (tertiary alicyclic amines) is 1. The van der Waals surface area contributed by atoms with E-state index in [1.807, 2.05) is 0 Å². The molecule has 0 aromatic carbocycles. The number of hydrogen-bond donors (Lipinski definition) is 1. The van der Waals surface area contributed by atoms with Crippen molar-refractivity contribution in [3.8, 4) is 0 Å². The molecule has 6 nitrogen and oxygen atoms in total. The Kier molecular flexibility index (Phi) is 2.40. The number of aliphatic carboxylic acids is 1. The van der Waals surface area contributed by atoms with Crippen molar-refractivity contribution in [2.75, 3.05) is 19.8 Å². The molecule has 1 spiro atoms. The fraction of sp³-hybridized carbons (Fsp3) is 0.778. The summed E-state index contributed by atoms with van der Waals surface area (Å²) in [6.07, 6.45) is 0.210. The van der Waals surface area contributed by atoms with Gasteiger partial charge < -0.3 is 19.5 Å². The Morgan fingerprint density at radius 3 is 2.40 bits per heavy atom. The summed E-state index contributed by atoms with van der Waals surface area (Å²) in [5, 5.41) is 8.97. The van der Waals surface area contributed by atoms with Crippen LogP contribution in [0, 0.1) is 0 Å². The zero-order chi connectivity index (χ0) is 11.1. The molecule has 2 saturated heterocycles. The van der Waals surface area contributed by atoms with Crippen LogP contribution in [-0.2, 0) is 19.1 Å². The molecule has 2 aliphatic heterocycles. The zero-order valence-electron chi connectivity index (χ0n) is 8.43. The van der Waals surface area contributed by atoms with E-state index < -0.39 is 17.8 Å². The normalized spacial score (nSPS) is 28.6. The van der Waals surface area contributed by atoms with Gasteiger partial charge in [0.15, 0.2) is 5.79 Å². The van der Waals surface area contributed by atoms with E-state index in [1.165, 1.54) is 11.8 Å². The van der Waals surface area contributed by atoms with Crippen molar-refractivity contribution >= 4 is 11.9 Å². The average Bonchev–Trinajstić information content (AvgIpc) is 2.74. The Labute approximate surface area is 86.8 Å². The number of carboxylic acid groups (broad SMARTS) is 1. The van der Waals surface area contributed by atoms with Gasteiger partial charge in [0, 0.05) is 13.3 Å². The van der Waals surface area contributed by atoms with Crippen molar-refractivity contribution < 1.29 is 24.2 Å². The first-order valence-electron chi connectivity index (χ1n) is 4.82. The molecule has 2 rings (SSSR count). The second-order valence-electron chi connectivity index (χ2n) is 3.81. The molecular formula is C9H13NO5. The number of carbonyl (C=O) groups excluding carboxylic acids is 1. The Bertz CT molecular complexity index is 273. The van der Waals surface area contributed by atoms with Gasteiger partial charge in [-0.3, -0.25) is 4.79 Å². The van der Waals surface area contributed by atoms with Gasteiger partial charge in [-0.05, 0) is 0 Å². The topological polar surface area (TPSA) is 76.1 Å². The van der Waals surface area contributed by atoms with Crippen LogP contribution in [0.25, 0.3) is 0 Å². The lowest BCUT2D eigenvalue weighted by molar-refractivity contribution is -0.151. The number of rotatable bonds is 1. The number of hydrogen-bond acceptors (Lipinski definition) is 4. The molecular weight excluding hydrogens is 202 g/mol. The quantitative estimate of drug-likeness (QED) is 0.634. The molecule has 0 aliphatic carbocycles. The summed E-state index contributed by atoms with van der Waals surface area (Å²) in [7, 11) is 0. The van der Waals surface area contributed by atoms with Gasteiger partial charge in [-0.2, -0.15) is 0 Å². The number of ether oxygens (including phenoxy) is 2. The maximum absolute atomic E-state index is 11.3. The molecule has 1 N–H and O–H groups in total. The van der Waals surface area contributed by atoms with Gasteiger partial charge in [-0.25, -0.2) is 4.79 Å². The predicted molar refractivity (Wildman–Crippen MR) is 48.1 cm³/mol. The number of carboxylic acids is 1. The van der Waals surface area contributed by atoms with E-state index in [9.17, 15) is 9.59 Å². The minimum Gasteiger partial charge on any atom is -0.480 e. The fourth-order valence-electron chi connectivity index (χ4n) is 2.10. The summed E-state index contributed by atoms with van der Waals surface area (Å²) in [6, 6.07) is -0.833. The molecule has 0 bridgehead atoms. The highest BCUT2D eigenvalue weighted by atomic mass is 16.7. The van der Waals surface area contributed by atoms with E-state index in [4.69, 9.17) is 14.6 Å². The first-order chi connectivity index (χ1) is 7.04. The highest BCUT2D eigenvalue weighted by molar-refractivity contribution is 5.83. The van der Waals surface area contributed by atoms with E-state index >= 15 is 0 Å². The summed E-state index contributed by atoms with van der Waals surface area (Å²) in [5.74, 6) is -2.16. The standard InChI is InChI=1S/C9H13NO5/c1-6(11)10-5-9(14-2-3-15-9)4-7(10)8(12)13/h7H,2-5H2,1H3,(H,12,13)/t7-/m0/s1. The SMILES string of the molecule is CC(=O)N1CC2(C[C@H]1C(=O)O)OCCO2. The van der Waals surface area contributed by atoms with Gasteiger partial charge in [0.2, 0.25) is 5.91 Å². The number of amides is 1. The second-order valence-corrected chi connectivity index (χ2v) is 3.81. The van der Waals surface area contributed by atoms with E-state index in [1.54, 1.807) is 0 Å².